The van der Waals surface area contributed by atoms with Gasteiger partial charge in [0.1, 0.15) is 11.5 Å². The van der Waals surface area contributed by atoms with Crippen molar-refractivity contribution in [3.63, 3.8) is 0 Å². The van der Waals surface area contributed by atoms with Gasteiger partial charge in [-0.15, -0.1) is 0 Å². The zero-order valence-electron chi connectivity index (χ0n) is 19.4. The number of carbonyl (C=O) groups is 1. The summed E-state index contributed by atoms with van der Waals surface area (Å²) in [6.07, 6.45) is -0.528. The zero-order chi connectivity index (χ0) is 24.6. The fourth-order valence-corrected chi connectivity index (χ4v) is 3.18. The van der Waals surface area contributed by atoms with Crippen molar-refractivity contribution in [2.24, 2.45) is 5.92 Å². The van der Waals surface area contributed by atoms with Crippen LogP contribution in [0, 0.1) is 12.8 Å². The van der Waals surface area contributed by atoms with Crippen LogP contribution in [0.4, 0.5) is 0 Å². The number of esters is 1. The maximum atomic E-state index is 12.4. The molecule has 0 aliphatic rings. The number of ether oxygens (including phenoxy) is 1. The summed E-state index contributed by atoms with van der Waals surface area (Å²) < 4.78 is 44.9. The van der Waals surface area contributed by atoms with Gasteiger partial charge in [-0.25, -0.2) is 13.2 Å². The first kappa shape index (κ1) is 23.7. The topological polar surface area (TPSA) is 111 Å². The molecule has 7 heteroatoms. The van der Waals surface area contributed by atoms with E-state index in [-0.39, 0.29) is 10.8 Å². The average Bonchev–Trinajstić information content (AvgIpc) is 2.78. The molecule has 32 heavy (non-hydrogen) atoms. The number of benzene rings is 3. The third kappa shape index (κ3) is 7.60. The van der Waals surface area contributed by atoms with Crippen LogP contribution in [0.1, 0.15) is 38.0 Å². The summed E-state index contributed by atoms with van der Waals surface area (Å²) in [5, 5.41) is 0. The minimum atomic E-state index is -4.27. The van der Waals surface area contributed by atoms with Crippen molar-refractivity contribution in [3.05, 3.63) is 102 Å². The van der Waals surface area contributed by atoms with E-state index < -0.39 is 28.2 Å². The van der Waals surface area contributed by atoms with Crippen LogP contribution in [-0.4, -0.2) is 25.0 Å². The molecule has 1 unspecified atom stereocenters. The summed E-state index contributed by atoms with van der Waals surface area (Å²) in [6, 6.07) is 23.4. The number of quaternary nitrogens is 1. The number of rotatable bonds is 6. The lowest BCUT2D eigenvalue weighted by Gasteiger charge is -2.21. The Morgan fingerprint density at radius 1 is 0.906 bits per heavy atom. The summed E-state index contributed by atoms with van der Waals surface area (Å²) in [7, 11) is -4.27. The Morgan fingerprint density at radius 3 is 1.72 bits per heavy atom. The van der Waals surface area contributed by atoms with Crippen molar-refractivity contribution in [1.82, 2.24) is 0 Å². The molecule has 0 bridgehead atoms. The molecule has 3 aromatic rings. The van der Waals surface area contributed by atoms with Gasteiger partial charge >= 0.3 is 5.97 Å². The lowest BCUT2D eigenvalue weighted by Crippen LogP contribution is -2.67. The normalized spacial score (nSPS) is 13.5. The summed E-state index contributed by atoms with van der Waals surface area (Å²) >= 11 is 0. The quantitative estimate of drug-likeness (QED) is 0.345. The standard InChI is InChI=1S/C18H21NO2.C7H8O3S/c1-13(2)16(19)18(20)21-17(14-9-5-3-6-10-14)15-11-7-4-8-12-15;1-6-2-4-7(5-3-6)11(8,9)10/h3-13,16-17H,19H2,1-2H3;2-5H,1H3,(H,8,9,10)/i1+1,2+1,13+1,16D;. The van der Waals surface area contributed by atoms with E-state index in [1.54, 1.807) is 26.0 Å². The molecule has 3 rings (SSSR count). The second-order valence-electron chi connectivity index (χ2n) is 7.55. The van der Waals surface area contributed by atoms with Gasteiger partial charge < -0.3 is 15.0 Å². The van der Waals surface area contributed by atoms with E-state index in [1.807, 2.05) is 67.6 Å². The van der Waals surface area contributed by atoms with E-state index in [1.165, 1.54) is 12.1 Å². The SMILES string of the molecule is Cc1ccc(S(=O)(=O)[O-])cc1.[2H]C([NH3+])(C(=O)OC(c1ccccc1)c1ccccc1)[13CH]([13CH3])[13CH3]. The molecular formula is C25H29NO5S. The van der Waals surface area contributed by atoms with Crippen LogP contribution in [-0.2, 0) is 19.6 Å². The molecule has 1 atom stereocenters. The highest BCUT2D eigenvalue weighted by atomic mass is 32.2. The number of hydrogen-bond donors (Lipinski definition) is 1. The van der Waals surface area contributed by atoms with Crippen LogP contribution < -0.4 is 5.73 Å². The van der Waals surface area contributed by atoms with Gasteiger partial charge in [-0.1, -0.05) is 92.2 Å². The summed E-state index contributed by atoms with van der Waals surface area (Å²) in [6.45, 7) is 5.41. The molecule has 3 N–H and O–H groups in total. The molecule has 0 radical (unpaired) electrons. The molecular weight excluding hydrogens is 429 g/mol. The Hall–Kier alpha value is -3.00. The molecule has 0 aliphatic carbocycles. The first-order chi connectivity index (χ1) is 15.4. The Balaban J connectivity index is 0.000000294. The lowest BCUT2D eigenvalue weighted by molar-refractivity contribution is -0.419. The maximum Gasteiger partial charge on any atom is 0.365 e. The van der Waals surface area contributed by atoms with E-state index in [9.17, 15) is 17.8 Å². The molecule has 3 aromatic carbocycles. The largest absolute Gasteiger partial charge is 0.744 e. The lowest BCUT2D eigenvalue weighted by atomic mass is 10.0. The van der Waals surface area contributed by atoms with Crippen LogP contribution in [0.5, 0.6) is 0 Å². The smallest absolute Gasteiger partial charge is 0.365 e. The van der Waals surface area contributed by atoms with Gasteiger partial charge in [0.05, 0.1) is 4.90 Å². The fourth-order valence-electron chi connectivity index (χ4n) is 2.71. The molecule has 0 heterocycles. The van der Waals surface area contributed by atoms with E-state index >= 15 is 0 Å². The minimum absolute atomic E-state index is 0.178. The van der Waals surface area contributed by atoms with E-state index in [0.29, 0.717) is 0 Å². The van der Waals surface area contributed by atoms with Crippen molar-refractivity contribution >= 4 is 16.1 Å². The maximum absolute atomic E-state index is 12.4. The fraction of sp³-hybridized carbons (Fsp3) is 0.240. The third-order valence-electron chi connectivity index (χ3n) is 4.70. The first-order valence-corrected chi connectivity index (χ1v) is 11.5. The van der Waals surface area contributed by atoms with E-state index in [0.717, 1.165) is 16.7 Å². The van der Waals surface area contributed by atoms with Crippen LogP contribution in [0.15, 0.2) is 89.8 Å². The second kappa shape index (κ2) is 11.6. The van der Waals surface area contributed by atoms with Gasteiger partial charge in [0.25, 0.3) is 0 Å². The highest BCUT2D eigenvalue weighted by Gasteiger charge is 2.27. The Morgan fingerprint density at radius 2 is 1.34 bits per heavy atom. The third-order valence-corrected chi connectivity index (χ3v) is 5.55. The van der Waals surface area contributed by atoms with Crippen molar-refractivity contribution in [3.8, 4) is 0 Å². The van der Waals surface area contributed by atoms with E-state index in [2.05, 4.69) is 5.73 Å². The number of aryl methyl sites for hydroxylation is 1. The molecule has 0 spiro atoms. The number of carbonyl (C=O) groups excluding carboxylic acids is 1. The van der Waals surface area contributed by atoms with Gasteiger partial charge in [0.2, 0.25) is 0 Å². The Labute approximate surface area is 191 Å². The van der Waals surface area contributed by atoms with Crippen LogP contribution in [0.3, 0.4) is 0 Å². The minimum Gasteiger partial charge on any atom is -0.744 e. The van der Waals surface area contributed by atoms with Gasteiger partial charge in [-0.2, -0.15) is 0 Å². The Kier molecular flexibility index (Phi) is 8.56. The monoisotopic (exact) mass is 459 g/mol. The predicted octanol–water partition coefficient (Wildman–Crippen LogP) is 3.48. The highest BCUT2D eigenvalue weighted by Crippen LogP contribution is 2.26. The molecule has 0 fully saturated rings. The van der Waals surface area contributed by atoms with Gasteiger partial charge in [-0.05, 0) is 30.2 Å². The molecule has 6 nitrogen and oxygen atoms in total. The molecule has 0 aliphatic heterocycles. The summed E-state index contributed by atoms with van der Waals surface area (Å²) in [4.78, 5) is 12.2. The zero-order valence-corrected chi connectivity index (χ0v) is 19.2. The van der Waals surface area contributed by atoms with Crippen LogP contribution in [0.2, 0.25) is 0 Å². The van der Waals surface area contributed by atoms with Crippen molar-refractivity contribution in [2.45, 2.75) is 37.8 Å². The average molecular weight is 460 g/mol. The summed E-state index contributed by atoms with van der Waals surface area (Å²) in [5.41, 5.74) is 6.38. The molecule has 0 saturated carbocycles. The Bertz CT molecular complexity index is 1090. The molecule has 0 amide bonds. The molecule has 0 saturated heterocycles. The first-order valence-electron chi connectivity index (χ1n) is 10.6. The molecule has 0 aromatic heterocycles. The van der Waals surface area contributed by atoms with Gasteiger partial charge in [0, 0.05) is 5.92 Å². The van der Waals surface area contributed by atoms with Crippen LogP contribution >= 0.6 is 0 Å². The van der Waals surface area contributed by atoms with E-state index in [4.69, 9.17) is 6.11 Å². The number of hydrogen-bond acceptors (Lipinski definition) is 5. The predicted molar refractivity (Wildman–Crippen MR) is 121 cm³/mol. The van der Waals surface area contributed by atoms with Crippen molar-refractivity contribution < 1.29 is 29.6 Å². The second-order valence-corrected chi connectivity index (χ2v) is 8.93. The van der Waals surface area contributed by atoms with Gasteiger partial charge in [-0.3, -0.25) is 0 Å². The van der Waals surface area contributed by atoms with Gasteiger partial charge in [0.15, 0.2) is 12.1 Å². The summed E-state index contributed by atoms with van der Waals surface area (Å²) in [5.74, 6) is -0.840. The highest BCUT2D eigenvalue weighted by molar-refractivity contribution is 7.85. The van der Waals surface area contributed by atoms with Crippen molar-refractivity contribution in [2.75, 3.05) is 0 Å². The van der Waals surface area contributed by atoms with Crippen LogP contribution in [0.25, 0.3) is 0 Å². The van der Waals surface area contributed by atoms with Crippen molar-refractivity contribution in [1.29, 1.82) is 0 Å². The molecule has 170 valence electrons.